The Hall–Kier alpha value is -0.960. The Kier molecular flexibility index (Phi) is 11.1. The number of hydrogen-bond acceptors (Lipinski definition) is 12. The van der Waals surface area contributed by atoms with Crippen molar-refractivity contribution in [2.75, 3.05) is 0 Å². The van der Waals surface area contributed by atoms with E-state index in [-0.39, 0.29) is 84.9 Å². The maximum Gasteiger partial charge on any atom is 1.00 e. The van der Waals surface area contributed by atoms with Crippen molar-refractivity contribution in [1.29, 1.82) is 0 Å². The van der Waals surface area contributed by atoms with Gasteiger partial charge in [0, 0.05) is 18.2 Å². The summed E-state index contributed by atoms with van der Waals surface area (Å²) >= 11 is 0. The van der Waals surface area contributed by atoms with Gasteiger partial charge in [0.1, 0.15) is 0 Å². The Balaban J connectivity index is -0.00000380. The molecule has 0 aliphatic carbocycles. The zero-order valence-corrected chi connectivity index (χ0v) is 24.5. The Morgan fingerprint density at radius 2 is 1.08 bits per heavy atom. The molecule has 2 saturated heterocycles. The molecule has 0 bridgehead atoms. The van der Waals surface area contributed by atoms with Crippen LogP contribution in [0.25, 0.3) is 0 Å². The molecule has 2 N–H and O–H groups in total. The minimum Gasteiger partial charge on any atom is -1.00 e. The van der Waals surface area contributed by atoms with E-state index in [1.54, 1.807) is 0 Å². The quantitative estimate of drug-likeness (QED) is 0.1000. The third kappa shape index (κ3) is 9.41. The number of nitrogens with zero attached hydrogens (tertiary/aromatic N) is 2. The molecule has 2 heterocycles. The van der Waals surface area contributed by atoms with E-state index in [0.29, 0.717) is 0 Å². The predicted octanol–water partition coefficient (Wildman–Crippen LogP) is -7.49. The van der Waals surface area contributed by atoms with Crippen molar-refractivity contribution in [2.45, 2.75) is 61.8 Å². The standard InChI is InChI=1S/C16H20N2O14S2.2Na.2H/c19-11-7-9(33(25,26)27)15(23)17(11)31-13(21)5-3-1-2-4-6-14(22)32-18-12(20)8-10(16(18)24)34(28,29)30;;;;/h9-10H,1-8H2,(H,25,26,27)(H,28,29,30);;;;/q;2*+1;2*-1/i5D2,6D2;;;;. The molecule has 2 atom stereocenters. The molecule has 2 aliphatic rings. The van der Waals surface area contributed by atoms with Crippen LogP contribution in [0.15, 0.2) is 0 Å². The molecule has 0 spiro atoms. The van der Waals surface area contributed by atoms with Crippen molar-refractivity contribution in [3.05, 3.63) is 0 Å². The summed E-state index contributed by atoms with van der Waals surface area (Å²) < 4.78 is 93.2. The van der Waals surface area contributed by atoms with Crippen LogP contribution >= 0.6 is 0 Å². The molecule has 194 valence electrons. The fraction of sp³-hybridized carbons (Fsp3) is 0.625. The summed E-state index contributed by atoms with van der Waals surface area (Å²) in [4.78, 5) is 80.1. The summed E-state index contributed by atoms with van der Waals surface area (Å²) in [5, 5.41) is -5.02. The van der Waals surface area contributed by atoms with Crippen molar-refractivity contribution in [3.8, 4) is 0 Å². The van der Waals surface area contributed by atoms with Crippen LogP contribution in [0.3, 0.4) is 0 Å². The van der Waals surface area contributed by atoms with E-state index in [1.165, 1.54) is 0 Å². The van der Waals surface area contributed by atoms with Crippen LogP contribution < -0.4 is 59.1 Å². The average molecular weight is 580 g/mol. The molecule has 0 radical (unpaired) electrons. The van der Waals surface area contributed by atoms with Crippen molar-refractivity contribution in [2.24, 2.45) is 0 Å². The molecule has 2 fully saturated rings. The molecule has 0 saturated carbocycles. The number of amides is 4. The van der Waals surface area contributed by atoms with Crippen molar-refractivity contribution in [3.63, 3.8) is 0 Å². The molecule has 0 aromatic heterocycles. The van der Waals surface area contributed by atoms with Gasteiger partial charge in [0.25, 0.3) is 43.9 Å². The van der Waals surface area contributed by atoms with Gasteiger partial charge in [0.05, 0.1) is 12.8 Å². The largest absolute Gasteiger partial charge is 1.00 e. The minimum absolute atomic E-state index is 0. The molecule has 0 aromatic carbocycles. The second-order valence-electron chi connectivity index (χ2n) is 6.79. The van der Waals surface area contributed by atoms with Crippen LogP contribution in [0.1, 0.15) is 59.6 Å². The number of hydroxylamine groups is 4. The van der Waals surface area contributed by atoms with E-state index >= 15 is 0 Å². The van der Waals surface area contributed by atoms with Gasteiger partial charge in [0.15, 0.2) is 10.5 Å². The number of imide groups is 2. The SMILES string of the molecule is [2H]C([2H])(CCCCC([2H])([2H])C(=O)ON1C(=O)CC(S(=O)(=O)O)C1=O)C(=O)ON1C(=O)CC(S(=O)(=O)O)C1=O.[H-].[H-].[Na+].[Na+]. The molecule has 2 aliphatic heterocycles. The molecular weight excluding hydrogens is 554 g/mol. The maximum absolute atomic E-state index is 12.1. The third-order valence-corrected chi connectivity index (χ3v) is 6.51. The maximum atomic E-state index is 12.1. The molecule has 2 rings (SSSR count). The Bertz CT molecular complexity index is 1200. The molecule has 36 heavy (non-hydrogen) atoms. The summed E-state index contributed by atoms with van der Waals surface area (Å²) in [6, 6.07) is 0. The first-order valence-corrected chi connectivity index (χ1v) is 12.2. The van der Waals surface area contributed by atoms with Crippen LogP contribution in [0.2, 0.25) is 0 Å². The van der Waals surface area contributed by atoms with Gasteiger partial charge >= 0.3 is 71.1 Å². The third-order valence-electron chi connectivity index (χ3n) is 4.33. The van der Waals surface area contributed by atoms with Gasteiger partial charge in [-0.3, -0.25) is 28.3 Å². The Labute approximate surface area is 257 Å². The van der Waals surface area contributed by atoms with Crippen molar-refractivity contribution in [1.82, 2.24) is 10.1 Å². The number of carbonyl (C=O) groups is 6. The Morgan fingerprint density at radius 1 is 0.778 bits per heavy atom. The smallest absolute Gasteiger partial charge is 1.00 e. The summed E-state index contributed by atoms with van der Waals surface area (Å²) in [5.74, 6) is -9.43. The van der Waals surface area contributed by atoms with Gasteiger partial charge in [0.2, 0.25) is 0 Å². The molecule has 20 heteroatoms. The first kappa shape index (κ1) is 28.1. The molecule has 0 aromatic rings. The van der Waals surface area contributed by atoms with Gasteiger partial charge < -0.3 is 12.5 Å². The second kappa shape index (κ2) is 14.3. The minimum atomic E-state index is -5.00. The zero-order chi connectivity index (χ0) is 29.4. The van der Waals surface area contributed by atoms with E-state index < -0.39 is 105 Å². The van der Waals surface area contributed by atoms with Gasteiger partial charge in [-0.1, -0.05) is 12.8 Å². The summed E-state index contributed by atoms with van der Waals surface area (Å²) in [5.41, 5.74) is 0. The van der Waals surface area contributed by atoms with E-state index in [9.17, 15) is 45.6 Å². The van der Waals surface area contributed by atoms with Gasteiger partial charge in [-0.05, 0) is 12.8 Å². The van der Waals surface area contributed by atoms with E-state index in [2.05, 4.69) is 9.68 Å². The summed E-state index contributed by atoms with van der Waals surface area (Å²) in [6.45, 7) is 0. The first-order valence-electron chi connectivity index (χ1n) is 11.2. The average Bonchev–Trinajstić information content (AvgIpc) is 3.21. The van der Waals surface area contributed by atoms with Gasteiger partial charge in [-0.25, -0.2) is 9.59 Å². The number of carbonyl (C=O) groups excluding carboxylic acids is 6. The normalized spacial score (nSPS) is 22.6. The van der Waals surface area contributed by atoms with Crippen LogP contribution in [0.5, 0.6) is 0 Å². The second-order valence-corrected chi connectivity index (χ2v) is 9.98. The first-order chi connectivity index (χ1) is 17.1. The summed E-state index contributed by atoms with van der Waals surface area (Å²) in [7, 11) is -10.00. The molecule has 16 nitrogen and oxygen atoms in total. The predicted molar refractivity (Wildman–Crippen MR) is 106 cm³/mol. The topological polar surface area (TPSA) is 236 Å². The zero-order valence-electron chi connectivity index (χ0n) is 24.9. The molecular formula is C16H22N2Na2O14S2. The Morgan fingerprint density at radius 3 is 1.33 bits per heavy atom. The number of unbranched alkanes of at least 4 members (excludes halogenated alkanes) is 1. The van der Waals surface area contributed by atoms with E-state index in [0.717, 1.165) is 0 Å². The van der Waals surface area contributed by atoms with Gasteiger partial charge in [-0.2, -0.15) is 16.8 Å². The van der Waals surface area contributed by atoms with Crippen LogP contribution in [0.4, 0.5) is 0 Å². The fourth-order valence-electron chi connectivity index (χ4n) is 2.68. The molecule has 2 unspecified atom stereocenters. The van der Waals surface area contributed by atoms with E-state index in [4.69, 9.17) is 14.6 Å². The van der Waals surface area contributed by atoms with Crippen LogP contribution in [-0.2, 0) is 58.7 Å². The number of rotatable bonds is 11. The van der Waals surface area contributed by atoms with Crippen LogP contribution in [0, 0.1) is 0 Å². The van der Waals surface area contributed by atoms with Crippen molar-refractivity contribution >= 4 is 55.8 Å². The number of hydrogen-bond donors (Lipinski definition) is 2. The van der Waals surface area contributed by atoms with Crippen molar-refractivity contribution < 1.29 is 132 Å². The van der Waals surface area contributed by atoms with Crippen LogP contribution in [-0.4, -0.2) is 82.1 Å². The van der Waals surface area contributed by atoms with Gasteiger partial charge in [-0.15, -0.1) is 10.1 Å². The summed E-state index contributed by atoms with van der Waals surface area (Å²) in [6.07, 6.45) is -9.86. The van der Waals surface area contributed by atoms with E-state index in [1.807, 2.05) is 0 Å². The fourth-order valence-corrected chi connectivity index (χ4v) is 4.09. The molecule has 4 amide bonds. The monoisotopic (exact) mass is 580 g/mol.